The summed E-state index contributed by atoms with van der Waals surface area (Å²) in [6.45, 7) is 2.54. The predicted molar refractivity (Wildman–Crippen MR) is 82.3 cm³/mol. The molecule has 0 radical (unpaired) electrons. The zero-order chi connectivity index (χ0) is 14.5. The lowest BCUT2D eigenvalue weighted by atomic mass is 9.99. The summed E-state index contributed by atoms with van der Waals surface area (Å²) in [4.78, 5) is 0. The Balaban J connectivity index is 2.17. The number of hydrogen-bond donors (Lipinski definition) is 1. The van der Waals surface area contributed by atoms with Gasteiger partial charge in [0, 0.05) is 10.5 Å². The van der Waals surface area contributed by atoms with Crippen molar-refractivity contribution in [2.75, 3.05) is 6.61 Å². The molecule has 1 unspecified atom stereocenters. The van der Waals surface area contributed by atoms with Crippen molar-refractivity contribution in [3.05, 3.63) is 63.9 Å². The maximum Gasteiger partial charge on any atom is 0.126 e. The van der Waals surface area contributed by atoms with Crippen LogP contribution < -0.4 is 10.5 Å². The van der Waals surface area contributed by atoms with Crippen LogP contribution in [-0.4, -0.2) is 6.61 Å². The van der Waals surface area contributed by atoms with Gasteiger partial charge >= 0.3 is 0 Å². The van der Waals surface area contributed by atoms with E-state index in [1.165, 1.54) is 6.07 Å². The summed E-state index contributed by atoms with van der Waals surface area (Å²) >= 11 is 3.35. The Bertz CT molecular complexity index is 588. The van der Waals surface area contributed by atoms with Gasteiger partial charge in [0.25, 0.3) is 0 Å². The fourth-order valence-corrected chi connectivity index (χ4v) is 2.46. The molecule has 0 saturated carbocycles. The Morgan fingerprint density at radius 3 is 2.80 bits per heavy atom. The van der Waals surface area contributed by atoms with Crippen LogP contribution >= 0.6 is 15.9 Å². The Labute approximate surface area is 126 Å². The Kier molecular flexibility index (Phi) is 5.15. The molecule has 4 heteroatoms. The van der Waals surface area contributed by atoms with Crippen molar-refractivity contribution in [3.8, 4) is 5.75 Å². The minimum absolute atomic E-state index is 0.232. The van der Waals surface area contributed by atoms with Gasteiger partial charge in [-0.15, -0.1) is 0 Å². The summed E-state index contributed by atoms with van der Waals surface area (Å²) < 4.78 is 20.0. The molecule has 2 N–H and O–H groups in total. The number of nitrogens with two attached hydrogens (primary N) is 1. The molecular weight excluding hydrogens is 321 g/mol. The van der Waals surface area contributed by atoms with Crippen molar-refractivity contribution in [2.24, 2.45) is 5.73 Å². The highest BCUT2D eigenvalue weighted by molar-refractivity contribution is 9.10. The monoisotopic (exact) mass is 337 g/mol. The molecule has 0 fully saturated rings. The van der Waals surface area contributed by atoms with E-state index in [0.717, 1.165) is 15.8 Å². The molecule has 2 rings (SSSR count). The Morgan fingerprint density at radius 1 is 1.25 bits per heavy atom. The lowest BCUT2D eigenvalue weighted by molar-refractivity contribution is 0.339. The molecule has 2 aromatic carbocycles. The second kappa shape index (κ2) is 6.86. The molecule has 0 aliphatic rings. The summed E-state index contributed by atoms with van der Waals surface area (Å²) in [5.41, 5.74) is 7.72. The molecule has 20 heavy (non-hydrogen) atoms. The van der Waals surface area contributed by atoms with E-state index < -0.39 is 0 Å². The Morgan fingerprint density at radius 2 is 2.05 bits per heavy atom. The number of hydrogen-bond acceptors (Lipinski definition) is 2. The third-order valence-electron chi connectivity index (χ3n) is 3.04. The normalized spacial score (nSPS) is 12.2. The highest BCUT2D eigenvalue weighted by atomic mass is 79.9. The second-order valence-corrected chi connectivity index (χ2v) is 5.47. The SMILES string of the molecule is CCOc1cccc(C(N)Cc2cc(Br)ccc2F)c1. The van der Waals surface area contributed by atoms with Gasteiger partial charge in [-0.05, 0) is 54.8 Å². The van der Waals surface area contributed by atoms with E-state index in [1.54, 1.807) is 12.1 Å². The zero-order valence-electron chi connectivity index (χ0n) is 11.3. The molecule has 0 heterocycles. The molecule has 2 nitrogen and oxygen atoms in total. The first-order valence-corrected chi connectivity index (χ1v) is 7.31. The number of rotatable bonds is 5. The maximum absolute atomic E-state index is 13.7. The molecule has 2 aromatic rings. The minimum atomic E-state index is -0.265. The van der Waals surface area contributed by atoms with E-state index in [4.69, 9.17) is 10.5 Å². The molecule has 106 valence electrons. The molecule has 1 atom stereocenters. The minimum Gasteiger partial charge on any atom is -0.494 e. The van der Waals surface area contributed by atoms with E-state index in [0.29, 0.717) is 18.6 Å². The van der Waals surface area contributed by atoms with Crippen LogP contribution in [0.3, 0.4) is 0 Å². The second-order valence-electron chi connectivity index (χ2n) is 4.55. The Hall–Kier alpha value is -1.39. The molecule has 0 amide bonds. The van der Waals surface area contributed by atoms with Crippen LogP contribution in [0.4, 0.5) is 4.39 Å². The van der Waals surface area contributed by atoms with Gasteiger partial charge in [-0.1, -0.05) is 28.1 Å². The number of benzene rings is 2. The quantitative estimate of drug-likeness (QED) is 0.886. The van der Waals surface area contributed by atoms with E-state index in [9.17, 15) is 4.39 Å². The van der Waals surface area contributed by atoms with Gasteiger partial charge in [0.1, 0.15) is 11.6 Å². The van der Waals surface area contributed by atoms with Crippen molar-refractivity contribution in [1.29, 1.82) is 0 Å². The highest BCUT2D eigenvalue weighted by Crippen LogP contribution is 2.23. The number of halogens is 2. The fraction of sp³-hybridized carbons (Fsp3) is 0.250. The van der Waals surface area contributed by atoms with Crippen LogP contribution in [0.1, 0.15) is 24.1 Å². The molecule has 0 spiro atoms. The molecule has 0 aliphatic heterocycles. The average Bonchev–Trinajstić information content (AvgIpc) is 2.43. The van der Waals surface area contributed by atoms with E-state index >= 15 is 0 Å². The van der Waals surface area contributed by atoms with E-state index in [1.807, 2.05) is 31.2 Å². The van der Waals surface area contributed by atoms with E-state index in [-0.39, 0.29) is 11.9 Å². The third-order valence-corrected chi connectivity index (χ3v) is 3.54. The first kappa shape index (κ1) is 15.0. The standard InChI is InChI=1S/C16H17BrFNO/c1-2-20-14-5-3-4-11(9-14)16(19)10-12-8-13(17)6-7-15(12)18/h3-9,16H,2,10,19H2,1H3. The molecular formula is C16H17BrFNO. The molecule has 0 bridgehead atoms. The predicted octanol–water partition coefficient (Wildman–Crippen LogP) is 4.23. The van der Waals surface area contributed by atoms with E-state index in [2.05, 4.69) is 15.9 Å². The van der Waals surface area contributed by atoms with Gasteiger partial charge in [0.15, 0.2) is 0 Å². The lowest BCUT2D eigenvalue weighted by Gasteiger charge is -2.14. The third kappa shape index (κ3) is 3.81. The van der Waals surface area contributed by atoms with Crippen molar-refractivity contribution in [3.63, 3.8) is 0 Å². The lowest BCUT2D eigenvalue weighted by Crippen LogP contribution is -2.14. The molecule has 0 saturated heterocycles. The first-order chi connectivity index (χ1) is 9.60. The van der Waals surface area contributed by atoms with Gasteiger partial charge in [0.05, 0.1) is 6.61 Å². The first-order valence-electron chi connectivity index (χ1n) is 6.52. The summed E-state index contributed by atoms with van der Waals surface area (Å²) in [5.74, 6) is 0.555. The highest BCUT2D eigenvalue weighted by Gasteiger charge is 2.11. The van der Waals surface area contributed by atoms with Gasteiger partial charge in [-0.2, -0.15) is 0 Å². The van der Waals surface area contributed by atoms with Gasteiger partial charge in [-0.25, -0.2) is 4.39 Å². The largest absolute Gasteiger partial charge is 0.494 e. The van der Waals surface area contributed by atoms with Crippen LogP contribution in [0.15, 0.2) is 46.9 Å². The summed E-state index contributed by atoms with van der Waals surface area (Å²) in [6, 6.07) is 12.3. The summed E-state index contributed by atoms with van der Waals surface area (Å²) in [6.07, 6.45) is 0.445. The van der Waals surface area contributed by atoms with Crippen molar-refractivity contribution >= 4 is 15.9 Å². The van der Waals surface area contributed by atoms with Crippen LogP contribution in [-0.2, 0) is 6.42 Å². The van der Waals surface area contributed by atoms with Crippen molar-refractivity contribution < 1.29 is 9.13 Å². The smallest absolute Gasteiger partial charge is 0.126 e. The topological polar surface area (TPSA) is 35.2 Å². The molecule has 0 aliphatic carbocycles. The fourth-order valence-electron chi connectivity index (χ4n) is 2.06. The van der Waals surface area contributed by atoms with Gasteiger partial charge < -0.3 is 10.5 Å². The number of ether oxygens (including phenoxy) is 1. The maximum atomic E-state index is 13.7. The molecule has 0 aromatic heterocycles. The van der Waals surface area contributed by atoms with Crippen molar-refractivity contribution in [1.82, 2.24) is 0 Å². The van der Waals surface area contributed by atoms with Crippen LogP contribution in [0.25, 0.3) is 0 Å². The van der Waals surface area contributed by atoms with Gasteiger partial charge in [-0.3, -0.25) is 0 Å². The zero-order valence-corrected chi connectivity index (χ0v) is 12.9. The summed E-state index contributed by atoms with van der Waals surface area (Å²) in [5, 5.41) is 0. The van der Waals surface area contributed by atoms with Crippen LogP contribution in [0, 0.1) is 5.82 Å². The van der Waals surface area contributed by atoms with Gasteiger partial charge in [0.2, 0.25) is 0 Å². The van der Waals surface area contributed by atoms with Crippen LogP contribution in [0.5, 0.6) is 5.75 Å². The summed E-state index contributed by atoms with van der Waals surface area (Å²) in [7, 11) is 0. The average molecular weight is 338 g/mol. The van der Waals surface area contributed by atoms with Crippen molar-refractivity contribution in [2.45, 2.75) is 19.4 Å². The van der Waals surface area contributed by atoms with Crippen LogP contribution in [0.2, 0.25) is 0 Å².